The SMILES string of the molecule is COc1ccc(-c2ccnc(Nc3ccc(S(=O)(=O)N4CCN(CCO)CC4)cc3)n2)cc1. The number of aliphatic hydroxyl groups excluding tert-OH is 1. The molecule has 10 heteroatoms. The number of hydrogen-bond acceptors (Lipinski definition) is 8. The third kappa shape index (κ3) is 5.48. The number of hydrogen-bond donors (Lipinski definition) is 2. The normalized spacial score (nSPS) is 15.3. The Labute approximate surface area is 193 Å². The van der Waals surface area contributed by atoms with Crippen LogP contribution in [0.25, 0.3) is 11.3 Å². The minimum absolute atomic E-state index is 0.0773. The van der Waals surface area contributed by atoms with Gasteiger partial charge in [-0.1, -0.05) is 0 Å². The van der Waals surface area contributed by atoms with Crippen molar-refractivity contribution in [1.82, 2.24) is 19.2 Å². The Bertz CT molecular complexity index is 1160. The molecule has 0 saturated carbocycles. The summed E-state index contributed by atoms with van der Waals surface area (Å²) in [6, 6.07) is 16.0. The van der Waals surface area contributed by atoms with Crippen molar-refractivity contribution < 1.29 is 18.3 Å². The number of rotatable bonds is 8. The Morgan fingerprint density at radius 1 is 1.00 bits per heavy atom. The first-order valence-corrected chi connectivity index (χ1v) is 12.1. The van der Waals surface area contributed by atoms with Crippen molar-refractivity contribution in [3.8, 4) is 17.0 Å². The minimum Gasteiger partial charge on any atom is -0.497 e. The minimum atomic E-state index is -3.56. The Kier molecular flexibility index (Phi) is 7.19. The van der Waals surface area contributed by atoms with Gasteiger partial charge in [0.05, 0.1) is 24.3 Å². The van der Waals surface area contributed by atoms with Crippen LogP contribution in [-0.2, 0) is 10.0 Å². The molecule has 0 spiro atoms. The van der Waals surface area contributed by atoms with E-state index in [9.17, 15) is 8.42 Å². The van der Waals surface area contributed by atoms with Gasteiger partial charge in [0.15, 0.2) is 0 Å². The summed E-state index contributed by atoms with van der Waals surface area (Å²) in [4.78, 5) is 11.1. The van der Waals surface area contributed by atoms with Crippen LogP contribution >= 0.6 is 0 Å². The highest BCUT2D eigenvalue weighted by Gasteiger charge is 2.28. The zero-order valence-corrected chi connectivity index (χ0v) is 19.2. The molecule has 9 nitrogen and oxygen atoms in total. The van der Waals surface area contributed by atoms with E-state index in [0.29, 0.717) is 44.4 Å². The fourth-order valence-electron chi connectivity index (χ4n) is 3.66. The van der Waals surface area contributed by atoms with Gasteiger partial charge in [-0.2, -0.15) is 4.31 Å². The average Bonchev–Trinajstić information content (AvgIpc) is 2.85. The van der Waals surface area contributed by atoms with Crippen LogP contribution in [0.15, 0.2) is 65.7 Å². The number of aromatic nitrogens is 2. The topological polar surface area (TPSA) is 108 Å². The van der Waals surface area contributed by atoms with Crippen molar-refractivity contribution in [3.05, 3.63) is 60.8 Å². The molecule has 2 heterocycles. The van der Waals surface area contributed by atoms with E-state index in [1.165, 1.54) is 4.31 Å². The average molecular weight is 470 g/mol. The lowest BCUT2D eigenvalue weighted by molar-refractivity contribution is 0.151. The molecular weight excluding hydrogens is 442 g/mol. The Morgan fingerprint density at radius 3 is 2.33 bits per heavy atom. The lowest BCUT2D eigenvalue weighted by atomic mass is 10.1. The lowest BCUT2D eigenvalue weighted by Gasteiger charge is -2.33. The number of β-amino-alcohol motifs (C(OH)–C–C–N with tert-alkyl or cyclic N) is 1. The summed E-state index contributed by atoms with van der Waals surface area (Å²) >= 11 is 0. The monoisotopic (exact) mass is 469 g/mol. The third-order valence-electron chi connectivity index (χ3n) is 5.54. The number of methoxy groups -OCH3 is 1. The van der Waals surface area contributed by atoms with Crippen LogP contribution in [0, 0.1) is 0 Å². The van der Waals surface area contributed by atoms with E-state index in [1.807, 2.05) is 30.3 Å². The van der Waals surface area contributed by atoms with Gasteiger partial charge in [0, 0.05) is 50.2 Å². The second-order valence-electron chi connectivity index (χ2n) is 7.61. The number of anilines is 2. The lowest BCUT2D eigenvalue weighted by Crippen LogP contribution is -2.49. The van der Waals surface area contributed by atoms with E-state index in [-0.39, 0.29) is 11.5 Å². The fourth-order valence-corrected chi connectivity index (χ4v) is 5.09. The smallest absolute Gasteiger partial charge is 0.243 e. The van der Waals surface area contributed by atoms with Crippen LogP contribution in [0.5, 0.6) is 5.75 Å². The van der Waals surface area contributed by atoms with Gasteiger partial charge in [0.1, 0.15) is 5.75 Å². The van der Waals surface area contributed by atoms with Crippen molar-refractivity contribution in [3.63, 3.8) is 0 Å². The number of sulfonamides is 1. The van der Waals surface area contributed by atoms with Crippen LogP contribution in [0.1, 0.15) is 0 Å². The van der Waals surface area contributed by atoms with Gasteiger partial charge in [-0.05, 0) is 54.6 Å². The summed E-state index contributed by atoms with van der Waals surface area (Å²) in [6.45, 7) is 2.69. The molecule has 1 aromatic heterocycles. The van der Waals surface area contributed by atoms with Crippen molar-refractivity contribution in [2.75, 3.05) is 51.8 Å². The fraction of sp³-hybridized carbons (Fsp3) is 0.304. The van der Waals surface area contributed by atoms with E-state index >= 15 is 0 Å². The highest BCUT2D eigenvalue weighted by molar-refractivity contribution is 7.89. The van der Waals surface area contributed by atoms with E-state index in [2.05, 4.69) is 20.2 Å². The van der Waals surface area contributed by atoms with Gasteiger partial charge in [-0.25, -0.2) is 18.4 Å². The molecule has 2 aromatic carbocycles. The molecular formula is C23H27N5O4S. The number of aliphatic hydroxyl groups is 1. The molecule has 0 bridgehead atoms. The molecule has 33 heavy (non-hydrogen) atoms. The first-order valence-electron chi connectivity index (χ1n) is 10.7. The van der Waals surface area contributed by atoms with Crippen molar-refractivity contribution >= 4 is 21.7 Å². The number of piperazine rings is 1. The predicted octanol–water partition coefficient (Wildman–Crippen LogP) is 2.19. The van der Waals surface area contributed by atoms with E-state index in [4.69, 9.17) is 9.84 Å². The first-order chi connectivity index (χ1) is 16.0. The van der Waals surface area contributed by atoms with Crippen molar-refractivity contribution in [2.45, 2.75) is 4.90 Å². The van der Waals surface area contributed by atoms with E-state index in [1.54, 1.807) is 37.6 Å². The highest BCUT2D eigenvalue weighted by Crippen LogP contribution is 2.24. The number of ether oxygens (including phenoxy) is 1. The zero-order chi connectivity index (χ0) is 23.3. The molecule has 0 atom stereocenters. The summed E-state index contributed by atoms with van der Waals surface area (Å²) in [6.07, 6.45) is 1.67. The molecule has 1 aliphatic heterocycles. The first kappa shape index (κ1) is 23.1. The predicted molar refractivity (Wildman–Crippen MR) is 126 cm³/mol. The third-order valence-corrected chi connectivity index (χ3v) is 7.45. The largest absolute Gasteiger partial charge is 0.497 e. The quantitative estimate of drug-likeness (QED) is 0.517. The Balaban J connectivity index is 1.43. The van der Waals surface area contributed by atoms with Gasteiger partial charge in [-0.15, -0.1) is 0 Å². The van der Waals surface area contributed by atoms with Crippen LogP contribution in [0.3, 0.4) is 0 Å². The Morgan fingerprint density at radius 2 is 1.70 bits per heavy atom. The maximum Gasteiger partial charge on any atom is 0.243 e. The van der Waals surface area contributed by atoms with Gasteiger partial charge < -0.3 is 15.2 Å². The van der Waals surface area contributed by atoms with Crippen molar-refractivity contribution in [1.29, 1.82) is 0 Å². The second kappa shape index (κ2) is 10.3. The molecule has 1 saturated heterocycles. The summed E-state index contributed by atoms with van der Waals surface area (Å²) < 4.78 is 32.6. The summed E-state index contributed by atoms with van der Waals surface area (Å²) in [5.41, 5.74) is 2.38. The number of benzene rings is 2. The molecule has 1 aliphatic rings. The Hall–Kier alpha value is -3.05. The summed E-state index contributed by atoms with van der Waals surface area (Å²) in [5, 5.41) is 12.2. The summed E-state index contributed by atoms with van der Waals surface area (Å²) in [7, 11) is -1.94. The molecule has 2 N–H and O–H groups in total. The van der Waals surface area contributed by atoms with Crippen LogP contribution in [0.2, 0.25) is 0 Å². The van der Waals surface area contributed by atoms with Crippen LogP contribution < -0.4 is 10.1 Å². The molecule has 0 aliphatic carbocycles. The maximum absolute atomic E-state index is 13.0. The standard InChI is InChI=1S/C23H27N5O4S/c1-32-20-6-2-18(3-7-20)22-10-11-24-23(26-22)25-19-4-8-21(9-5-19)33(30,31)28-14-12-27(13-15-28)16-17-29/h2-11,29H,12-17H2,1H3,(H,24,25,26). The zero-order valence-electron chi connectivity index (χ0n) is 18.4. The highest BCUT2D eigenvalue weighted by atomic mass is 32.2. The second-order valence-corrected chi connectivity index (χ2v) is 9.55. The van der Waals surface area contributed by atoms with E-state index < -0.39 is 10.0 Å². The van der Waals surface area contributed by atoms with Gasteiger partial charge in [0.2, 0.25) is 16.0 Å². The molecule has 0 unspecified atom stereocenters. The molecule has 3 aromatic rings. The summed E-state index contributed by atoms with van der Waals surface area (Å²) in [5.74, 6) is 1.19. The van der Waals surface area contributed by atoms with Crippen molar-refractivity contribution in [2.24, 2.45) is 0 Å². The van der Waals surface area contributed by atoms with Gasteiger partial charge in [0.25, 0.3) is 0 Å². The van der Waals surface area contributed by atoms with Gasteiger partial charge >= 0.3 is 0 Å². The molecule has 0 radical (unpaired) electrons. The molecule has 1 fully saturated rings. The molecule has 0 amide bonds. The molecule has 4 rings (SSSR count). The van der Waals surface area contributed by atoms with Gasteiger partial charge in [-0.3, -0.25) is 4.90 Å². The number of nitrogens with zero attached hydrogens (tertiary/aromatic N) is 4. The molecule has 174 valence electrons. The number of nitrogens with one attached hydrogen (secondary N) is 1. The van der Waals surface area contributed by atoms with Crippen LogP contribution in [-0.4, -0.2) is 79.1 Å². The maximum atomic E-state index is 13.0. The van der Waals surface area contributed by atoms with Crippen LogP contribution in [0.4, 0.5) is 11.6 Å². The van der Waals surface area contributed by atoms with E-state index in [0.717, 1.165) is 17.0 Å².